The summed E-state index contributed by atoms with van der Waals surface area (Å²) in [6.07, 6.45) is 1.54. The molecule has 1 N–H and O–H groups in total. The Bertz CT molecular complexity index is 572. The Hall–Kier alpha value is -2.43. The molecule has 0 aliphatic rings. The first kappa shape index (κ1) is 12.0. The highest BCUT2D eigenvalue weighted by Gasteiger charge is 2.12. The fourth-order valence-electron chi connectivity index (χ4n) is 1.48. The second-order valence-corrected chi connectivity index (χ2v) is 3.53. The first-order valence-electron chi connectivity index (χ1n) is 5.26. The van der Waals surface area contributed by atoms with E-state index in [4.69, 9.17) is 0 Å². The van der Waals surface area contributed by atoms with Crippen LogP contribution in [0.25, 0.3) is 0 Å². The lowest BCUT2D eigenvalue weighted by molar-refractivity contribution is 0.0601. The minimum atomic E-state index is -0.498. The number of nitrogens with zero attached hydrogens (tertiary/aromatic N) is 1. The number of hydrogen-bond acceptors (Lipinski definition) is 4. The smallest absolute Gasteiger partial charge is 0.341 e. The molecule has 5 heteroatoms. The molecule has 0 saturated carbocycles. The van der Waals surface area contributed by atoms with E-state index < -0.39 is 5.97 Å². The van der Waals surface area contributed by atoms with Gasteiger partial charge in [-0.25, -0.2) is 14.2 Å². The Morgan fingerprint density at radius 2 is 2.17 bits per heavy atom. The van der Waals surface area contributed by atoms with Crippen molar-refractivity contribution in [2.75, 3.05) is 12.4 Å². The van der Waals surface area contributed by atoms with Gasteiger partial charge in [0.1, 0.15) is 17.2 Å². The summed E-state index contributed by atoms with van der Waals surface area (Å²) in [5.74, 6) is -0.535. The van der Waals surface area contributed by atoms with Crippen molar-refractivity contribution in [2.24, 2.45) is 0 Å². The van der Waals surface area contributed by atoms with Gasteiger partial charge in [-0.1, -0.05) is 6.07 Å². The third kappa shape index (κ3) is 2.63. The Balaban J connectivity index is 2.32. The number of pyridine rings is 1. The summed E-state index contributed by atoms with van der Waals surface area (Å²) in [4.78, 5) is 15.6. The SMILES string of the molecule is COC(=O)c1cccnc1Nc1cccc(F)c1. The van der Waals surface area contributed by atoms with Gasteiger partial charge in [0.2, 0.25) is 0 Å². The van der Waals surface area contributed by atoms with Crippen LogP contribution >= 0.6 is 0 Å². The molecule has 0 bridgehead atoms. The molecule has 0 saturated heterocycles. The standard InChI is InChI=1S/C13H11FN2O2/c1-18-13(17)11-6-3-7-15-12(11)16-10-5-2-4-9(14)8-10/h2-8H,1H3,(H,15,16). The maximum Gasteiger partial charge on any atom is 0.341 e. The Kier molecular flexibility index (Phi) is 3.52. The zero-order valence-electron chi connectivity index (χ0n) is 9.68. The van der Waals surface area contributed by atoms with Gasteiger partial charge in [0.25, 0.3) is 0 Å². The van der Waals surface area contributed by atoms with Gasteiger partial charge in [-0.05, 0) is 30.3 Å². The van der Waals surface area contributed by atoms with Gasteiger partial charge in [-0.3, -0.25) is 0 Å². The number of anilines is 2. The quantitative estimate of drug-likeness (QED) is 0.846. The lowest BCUT2D eigenvalue weighted by Gasteiger charge is -2.09. The van der Waals surface area contributed by atoms with Crippen LogP contribution < -0.4 is 5.32 Å². The molecule has 0 radical (unpaired) electrons. The number of methoxy groups -OCH3 is 1. The molecule has 4 nitrogen and oxygen atoms in total. The molecule has 1 heterocycles. The van der Waals surface area contributed by atoms with Crippen molar-refractivity contribution in [1.82, 2.24) is 4.98 Å². The van der Waals surface area contributed by atoms with E-state index in [0.717, 1.165) is 0 Å². The lowest BCUT2D eigenvalue weighted by atomic mass is 10.2. The molecule has 0 aliphatic heterocycles. The maximum absolute atomic E-state index is 13.0. The number of ether oxygens (including phenoxy) is 1. The highest BCUT2D eigenvalue weighted by molar-refractivity contribution is 5.95. The van der Waals surface area contributed by atoms with Crippen molar-refractivity contribution in [2.45, 2.75) is 0 Å². The third-order valence-corrected chi connectivity index (χ3v) is 2.30. The van der Waals surface area contributed by atoms with Crippen LogP contribution in [0.5, 0.6) is 0 Å². The van der Waals surface area contributed by atoms with Gasteiger partial charge in [0.05, 0.1) is 7.11 Å². The zero-order valence-corrected chi connectivity index (χ0v) is 9.68. The molecule has 0 amide bonds. The molecule has 0 atom stereocenters. The van der Waals surface area contributed by atoms with E-state index in [-0.39, 0.29) is 5.82 Å². The molecule has 0 unspecified atom stereocenters. The van der Waals surface area contributed by atoms with Crippen LogP contribution in [0.1, 0.15) is 10.4 Å². The van der Waals surface area contributed by atoms with Gasteiger partial charge < -0.3 is 10.1 Å². The van der Waals surface area contributed by atoms with Crippen molar-refractivity contribution >= 4 is 17.5 Å². The predicted octanol–water partition coefficient (Wildman–Crippen LogP) is 2.75. The second kappa shape index (κ2) is 5.27. The first-order valence-corrected chi connectivity index (χ1v) is 5.26. The molecular weight excluding hydrogens is 235 g/mol. The van der Waals surface area contributed by atoms with Crippen LogP contribution in [0.2, 0.25) is 0 Å². The second-order valence-electron chi connectivity index (χ2n) is 3.53. The molecular formula is C13H11FN2O2. The number of rotatable bonds is 3. The maximum atomic E-state index is 13.0. The number of benzene rings is 1. The van der Waals surface area contributed by atoms with Crippen LogP contribution in [0, 0.1) is 5.82 Å². The van der Waals surface area contributed by atoms with Crippen LogP contribution in [-0.2, 0) is 4.74 Å². The summed E-state index contributed by atoms with van der Waals surface area (Å²) in [6.45, 7) is 0. The fraction of sp³-hybridized carbons (Fsp3) is 0.0769. The summed E-state index contributed by atoms with van der Waals surface area (Å²) >= 11 is 0. The first-order chi connectivity index (χ1) is 8.70. The lowest BCUT2D eigenvalue weighted by Crippen LogP contribution is -2.07. The molecule has 0 aliphatic carbocycles. The van der Waals surface area contributed by atoms with Crippen molar-refractivity contribution in [1.29, 1.82) is 0 Å². The topological polar surface area (TPSA) is 51.2 Å². The van der Waals surface area contributed by atoms with Crippen LogP contribution in [0.15, 0.2) is 42.6 Å². The van der Waals surface area contributed by atoms with Gasteiger partial charge in [-0.15, -0.1) is 0 Å². The summed E-state index contributed by atoms with van der Waals surface area (Å²) < 4.78 is 17.7. The monoisotopic (exact) mass is 246 g/mol. The predicted molar refractivity (Wildman–Crippen MR) is 65.3 cm³/mol. The molecule has 2 aromatic rings. The minimum Gasteiger partial charge on any atom is -0.465 e. The largest absolute Gasteiger partial charge is 0.465 e. The van der Waals surface area contributed by atoms with E-state index in [9.17, 15) is 9.18 Å². The zero-order chi connectivity index (χ0) is 13.0. The number of carbonyl (C=O) groups is 1. The highest BCUT2D eigenvalue weighted by Crippen LogP contribution is 2.19. The number of aromatic nitrogens is 1. The Morgan fingerprint density at radius 1 is 1.33 bits per heavy atom. The average molecular weight is 246 g/mol. The van der Waals surface area contributed by atoms with E-state index in [1.165, 1.54) is 25.4 Å². The molecule has 2 rings (SSSR count). The average Bonchev–Trinajstić information content (AvgIpc) is 2.38. The molecule has 0 fully saturated rings. The molecule has 92 valence electrons. The number of halogens is 1. The van der Waals surface area contributed by atoms with E-state index in [1.807, 2.05) is 0 Å². The van der Waals surface area contributed by atoms with Crippen LogP contribution in [0.4, 0.5) is 15.9 Å². The highest BCUT2D eigenvalue weighted by atomic mass is 19.1. The van der Waals surface area contributed by atoms with Crippen molar-refractivity contribution < 1.29 is 13.9 Å². The number of nitrogens with one attached hydrogen (secondary N) is 1. The van der Waals surface area contributed by atoms with Gasteiger partial charge in [0.15, 0.2) is 0 Å². The Labute approximate surface area is 103 Å². The summed E-state index contributed by atoms with van der Waals surface area (Å²) in [5.41, 5.74) is 0.808. The minimum absolute atomic E-state index is 0.296. The van der Waals surface area contributed by atoms with E-state index in [1.54, 1.807) is 24.3 Å². The number of carbonyl (C=O) groups excluding carboxylic acids is 1. The number of hydrogen-bond donors (Lipinski definition) is 1. The van der Waals surface area contributed by atoms with Gasteiger partial charge >= 0.3 is 5.97 Å². The van der Waals surface area contributed by atoms with Crippen molar-refractivity contribution in [3.8, 4) is 0 Å². The van der Waals surface area contributed by atoms with Crippen LogP contribution in [0.3, 0.4) is 0 Å². The van der Waals surface area contributed by atoms with Gasteiger partial charge in [0, 0.05) is 11.9 Å². The normalized spacial score (nSPS) is 9.89. The van der Waals surface area contributed by atoms with E-state index in [0.29, 0.717) is 17.1 Å². The van der Waals surface area contributed by atoms with Gasteiger partial charge in [-0.2, -0.15) is 0 Å². The van der Waals surface area contributed by atoms with Crippen molar-refractivity contribution in [3.63, 3.8) is 0 Å². The fourth-order valence-corrected chi connectivity index (χ4v) is 1.48. The number of esters is 1. The molecule has 0 spiro atoms. The van der Waals surface area contributed by atoms with Crippen LogP contribution in [-0.4, -0.2) is 18.1 Å². The molecule has 1 aromatic carbocycles. The summed E-state index contributed by atoms with van der Waals surface area (Å²) in [5, 5.41) is 2.88. The van der Waals surface area contributed by atoms with Crippen molar-refractivity contribution in [3.05, 3.63) is 54.0 Å². The van der Waals surface area contributed by atoms with E-state index >= 15 is 0 Å². The third-order valence-electron chi connectivity index (χ3n) is 2.30. The summed E-state index contributed by atoms with van der Waals surface area (Å²) in [6, 6.07) is 9.11. The summed E-state index contributed by atoms with van der Waals surface area (Å²) in [7, 11) is 1.29. The molecule has 1 aromatic heterocycles. The molecule has 18 heavy (non-hydrogen) atoms. The Morgan fingerprint density at radius 3 is 2.89 bits per heavy atom. The van der Waals surface area contributed by atoms with E-state index in [2.05, 4.69) is 15.0 Å².